The number of fused-ring (bicyclic) bond motifs is 1. The van der Waals surface area contributed by atoms with E-state index in [1.54, 1.807) is 30.3 Å². The van der Waals surface area contributed by atoms with Gasteiger partial charge in [0.25, 0.3) is 0 Å². The molecule has 0 spiro atoms. The molecule has 0 saturated heterocycles. The van der Waals surface area contributed by atoms with Crippen LogP contribution in [0.3, 0.4) is 0 Å². The number of phenolic OH excluding ortho intramolecular Hbond substituents is 1. The van der Waals surface area contributed by atoms with Gasteiger partial charge in [-0.3, -0.25) is 4.79 Å². The van der Waals surface area contributed by atoms with Crippen molar-refractivity contribution in [2.24, 2.45) is 0 Å². The summed E-state index contributed by atoms with van der Waals surface area (Å²) < 4.78 is 16.9. The predicted molar refractivity (Wildman–Crippen MR) is 97.8 cm³/mol. The topological polar surface area (TPSA) is 65.0 Å². The number of hydrogen-bond donors (Lipinski definition) is 1. The maximum absolute atomic E-state index is 12.9. The van der Waals surface area contributed by atoms with Crippen LogP contribution in [0.15, 0.2) is 40.4 Å². The molecule has 1 heterocycles. The number of carbonyl (C=O) groups is 1. The molecule has 2 aromatic rings. The minimum atomic E-state index is -0.0778. The molecule has 0 aromatic heterocycles. The van der Waals surface area contributed by atoms with Gasteiger partial charge in [0.15, 0.2) is 17.3 Å². The normalized spacial score (nSPS) is 15.3. The molecule has 1 N–H and O–H groups in total. The van der Waals surface area contributed by atoms with E-state index >= 15 is 0 Å². The summed E-state index contributed by atoms with van der Waals surface area (Å²) in [7, 11) is 2.92. The highest BCUT2D eigenvalue weighted by atomic mass is 79.9. The molecular weight excluding hydrogens is 388 g/mol. The first-order valence-electron chi connectivity index (χ1n) is 7.66. The average molecular weight is 405 g/mol. The van der Waals surface area contributed by atoms with Crippen LogP contribution >= 0.6 is 15.9 Å². The van der Waals surface area contributed by atoms with Crippen molar-refractivity contribution in [3.63, 3.8) is 0 Å². The van der Waals surface area contributed by atoms with Crippen molar-refractivity contribution in [2.45, 2.75) is 6.42 Å². The number of aromatic hydroxyl groups is 1. The van der Waals surface area contributed by atoms with E-state index in [1.807, 2.05) is 6.07 Å². The number of benzene rings is 2. The molecule has 1 aliphatic heterocycles. The van der Waals surface area contributed by atoms with Gasteiger partial charge in [-0.25, -0.2) is 0 Å². The van der Waals surface area contributed by atoms with Gasteiger partial charge in [-0.2, -0.15) is 0 Å². The fourth-order valence-electron chi connectivity index (χ4n) is 2.70. The van der Waals surface area contributed by atoms with Crippen molar-refractivity contribution in [1.29, 1.82) is 0 Å². The van der Waals surface area contributed by atoms with Crippen LogP contribution in [-0.4, -0.2) is 31.7 Å². The molecule has 25 heavy (non-hydrogen) atoms. The highest BCUT2D eigenvalue weighted by Gasteiger charge is 2.22. The first-order valence-corrected chi connectivity index (χ1v) is 8.45. The van der Waals surface area contributed by atoms with Crippen molar-refractivity contribution in [1.82, 2.24) is 0 Å². The lowest BCUT2D eigenvalue weighted by Crippen LogP contribution is -2.02. The van der Waals surface area contributed by atoms with Crippen LogP contribution in [-0.2, 0) is 0 Å². The summed E-state index contributed by atoms with van der Waals surface area (Å²) in [5, 5.41) is 10.0. The molecule has 3 rings (SSSR count). The van der Waals surface area contributed by atoms with E-state index in [1.165, 1.54) is 14.2 Å². The molecule has 1 aliphatic rings. The lowest BCUT2D eigenvalue weighted by Gasteiger charge is -2.10. The summed E-state index contributed by atoms with van der Waals surface area (Å²) in [5.41, 5.74) is 1.86. The van der Waals surface area contributed by atoms with Gasteiger partial charge >= 0.3 is 0 Å². The summed E-state index contributed by atoms with van der Waals surface area (Å²) in [6, 6.07) is 8.68. The molecular formula is C19H17BrO5. The van der Waals surface area contributed by atoms with Crippen LogP contribution < -0.4 is 14.2 Å². The van der Waals surface area contributed by atoms with Gasteiger partial charge in [0.2, 0.25) is 5.75 Å². The van der Waals surface area contributed by atoms with Gasteiger partial charge < -0.3 is 19.3 Å². The summed E-state index contributed by atoms with van der Waals surface area (Å²) in [6.07, 6.45) is 2.25. The number of ketones is 1. The van der Waals surface area contributed by atoms with Gasteiger partial charge in [0.05, 0.1) is 26.4 Å². The zero-order chi connectivity index (χ0) is 18.0. The minimum absolute atomic E-state index is 0.0714. The molecule has 0 bridgehead atoms. The quantitative estimate of drug-likeness (QED) is 0.775. The standard InChI is InChI=1S/C19H17BrO5/c1-23-16-8-11(9-17(24-2)19(16)22)7-12-5-6-25-15-10-13(20)3-4-14(15)18(12)21/h3-4,7-10,22H,5-6H2,1-2H3/b12-7+. The average Bonchev–Trinajstić information content (AvgIpc) is 2.75. The van der Waals surface area contributed by atoms with Gasteiger partial charge in [0.1, 0.15) is 5.75 Å². The Hall–Kier alpha value is -2.47. The number of Topliss-reactive ketones (excluding diaryl/α,β-unsaturated/α-hetero) is 1. The van der Waals surface area contributed by atoms with Gasteiger partial charge in [-0.15, -0.1) is 0 Å². The molecule has 0 radical (unpaired) electrons. The molecule has 0 saturated carbocycles. The Morgan fingerprint density at radius 3 is 2.48 bits per heavy atom. The van der Waals surface area contributed by atoms with Crippen LogP contribution in [0.5, 0.6) is 23.0 Å². The summed E-state index contributed by atoms with van der Waals surface area (Å²) >= 11 is 3.39. The molecule has 0 unspecified atom stereocenters. The van der Waals surface area contributed by atoms with E-state index in [2.05, 4.69) is 15.9 Å². The molecule has 6 heteroatoms. The van der Waals surface area contributed by atoms with Crippen molar-refractivity contribution >= 4 is 27.8 Å². The van der Waals surface area contributed by atoms with Crippen LogP contribution in [0, 0.1) is 0 Å². The van der Waals surface area contributed by atoms with Crippen LogP contribution in [0.1, 0.15) is 22.3 Å². The first kappa shape index (κ1) is 17.4. The van der Waals surface area contributed by atoms with E-state index in [4.69, 9.17) is 14.2 Å². The molecule has 5 nitrogen and oxygen atoms in total. The minimum Gasteiger partial charge on any atom is -0.502 e. The van der Waals surface area contributed by atoms with E-state index in [9.17, 15) is 9.90 Å². The second kappa shape index (κ2) is 7.19. The third kappa shape index (κ3) is 3.49. The number of phenols is 1. The van der Waals surface area contributed by atoms with Crippen LogP contribution in [0.2, 0.25) is 0 Å². The smallest absolute Gasteiger partial charge is 0.200 e. The zero-order valence-electron chi connectivity index (χ0n) is 13.8. The third-order valence-corrected chi connectivity index (χ3v) is 4.45. The molecule has 0 atom stereocenters. The number of carbonyl (C=O) groups excluding carboxylic acids is 1. The maximum Gasteiger partial charge on any atom is 0.200 e. The molecule has 0 fully saturated rings. The Morgan fingerprint density at radius 2 is 1.84 bits per heavy atom. The molecule has 130 valence electrons. The van der Waals surface area contributed by atoms with Crippen LogP contribution in [0.4, 0.5) is 0 Å². The third-order valence-electron chi connectivity index (χ3n) is 3.95. The van der Waals surface area contributed by atoms with Crippen LogP contribution in [0.25, 0.3) is 6.08 Å². The highest BCUT2D eigenvalue weighted by molar-refractivity contribution is 9.10. The van der Waals surface area contributed by atoms with Gasteiger partial charge in [0, 0.05) is 16.5 Å². The monoisotopic (exact) mass is 404 g/mol. The second-order valence-corrected chi connectivity index (χ2v) is 6.43. The SMILES string of the molecule is COc1cc(/C=C2\CCOc3cc(Br)ccc3C2=O)cc(OC)c1O. The van der Waals surface area contributed by atoms with Crippen molar-refractivity contribution in [3.8, 4) is 23.0 Å². The Balaban J connectivity index is 2.04. The summed E-state index contributed by atoms with van der Waals surface area (Å²) in [4.78, 5) is 12.9. The number of rotatable bonds is 3. The lowest BCUT2D eigenvalue weighted by atomic mass is 9.99. The van der Waals surface area contributed by atoms with Gasteiger partial charge in [-0.05, 0) is 42.0 Å². The fraction of sp³-hybridized carbons (Fsp3) is 0.211. The van der Waals surface area contributed by atoms with E-state index in [-0.39, 0.29) is 23.0 Å². The highest BCUT2D eigenvalue weighted by Crippen LogP contribution is 2.38. The van der Waals surface area contributed by atoms with Crippen molar-refractivity contribution < 1.29 is 24.1 Å². The second-order valence-electron chi connectivity index (χ2n) is 5.51. The summed E-state index contributed by atoms with van der Waals surface area (Å²) in [6.45, 7) is 0.410. The summed E-state index contributed by atoms with van der Waals surface area (Å²) in [5.74, 6) is 0.994. The Kier molecular flexibility index (Phi) is 4.99. The number of methoxy groups -OCH3 is 2. The number of ether oxygens (including phenoxy) is 3. The lowest BCUT2D eigenvalue weighted by molar-refractivity contribution is 0.103. The van der Waals surface area contributed by atoms with E-state index in [0.717, 1.165) is 4.47 Å². The fourth-order valence-corrected chi connectivity index (χ4v) is 3.04. The maximum atomic E-state index is 12.9. The number of hydrogen-bond acceptors (Lipinski definition) is 5. The molecule has 2 aromatic carbocycles. The van der Waals surface area contributed by atoms with E-state index < -0.39 is 0 Å². The predicted octanol–water partition coefficient (Wildman–Crippen LogP) is 4.22. The number of halogens is 1. The van der Waals surface area contributed by atoms with Crippen molar-refractivity contribution in [3.05, 3.63) is 51.5 Å². The Labute approximate surface area is 154 Å². The molecule has 0 amide bonds. The van der Waals surface area contributed by atoms with Gasteiger partial charge in [-0.1, -0.05) is 15.9 Å². The Morgan fingerprint density at radius 1 is 1.16 bits per heavy atom. The zero-order valence-corrected chi connectivity index (χ0v) is 15.4. The largest absolute Gasteiger partial charge is 0.502 e. The molecule has 0 aliphatic carbocycles. The van der Waals surface area contributed by atoms with E-state index in [0.29, 0.717) is 35.5 Å². The Bertz CT molecular complexity index is 832. The first-order chi connectivity index (χ1) is 12.0. The van der Waals surface area contributed by atoms with Crippen molar-refractivity contribution in [2.75, 3.05) is 20.8 Å².